The zero-order valence-corrected chi connectivity index (χ0v) is 14.0. The van der Waals surface area contributed by atoms with Crippen LogP contribution in [0.15, 0.2) is 0 Å². The molecule has 3 aliphatic rings. The van der Waals surface area contributed by atoms with Gasteiger partial charge >= 0.3 is 0 Å². The molecular weight excluding hydrogens is 258 g/mol. The third-order valence-corrected chi connectivity index (χ3v) is 5.90. The van der Waals surface area contributed by atoms with E-state index in [0.29, 0.717) is 0 Å². The fourth-order valence-electron chi connectivity index (χ4n) is 4.84. The average molecular weight is 293 g/mol. The largest absolute Gasteiger partial charge is 0.314 e. The van der Waals surface area contributed by atoms with Crippen molar-refractivity contribution in [3.8, 4) is 0 Å². The molecule has 2 unspecified atom stereocenters. The molecule has 2 bridgehead atoms. The van der Waals surface area contributed by atoms with E-state index >= 15 is 0 Å². The Balaban J connectivity index is 1.44. The van der Waals surface area contributed by atoms with E-state index in [1.807, 2.05) is 0 Å². The minimum atomic E-state index is 0.801. The van der Waals surface area contributed by atoms with E-state index in [4.69, 9.17) is 0 Å². The molecule has 3 fully saturated rings. The number of nitrogens with one attached hydrogen (secondary N) is 1. The number of fused-ring (bicyclic) bond motifs is 2. The zero-order chi connectivity index (χ0) is 14.5. The lowest BCUT2D eigenvalue weighted by Crippen LogP contribution is -2.56. The molecule has 0 amide bonds. The summed E-state index contributed by atoms with van der Waals surface area (Å²) >= 11 is 0. The van der Waals surface area contributed by atoms with Gasteiger partial charge in [-0.25, -0.2) is 0 Å². The summed E-state index contributed by atoms with van der Waals surface area (Å²) < 4.78 is 0. The van der Waals surface area contributed by atoms with Crippen molar-refractivity contribution >= 4 is 0 Å². The van der Waals surface area contributed by atoms with E-state index in [2.05, 4.69) is 22.0 Å². The summed E-state index contributed by atoms with van der Waals surface area (Å²) in [4.78, 5) is 5.56. The highest BCUT2D eigenvalue weighted by molar-refractivity contribution is 4.95. The van der Waals surface area contributed by atoms with Gasteiger partial charge in [0.25, 0.3) is 0 Å². The van der Waals surface area contributed by atoms with Gasteiger partial charge in [-0.3, -0.25) is 4.90 Å². The quantitative estimate of drug-likeness (QED) is 0.779. The predicted octanol–water partition coefficient (Wildman–Crippen LogP) is 2.86. The molecule has 0 radical (unpaired) electrons. The van der Waals surface area contributed by atoms with Crippen LogP contribution in [0.1, 0.15) is 64.7 Å². The van der Waals surface area contributed by atoms with Crippen molar-refractivity contribution in [2.45, 2.75) is 82.8 Å². The van der Waals surface area contributed by atoms with Crippen molar-refractivity contribution in [3.05, 3.63) is 0 Å². The van der Waals surface area contributed by atoms with Crippen LogP contribution >= 0.6 is 0 Å². The van der Waals surface area contributed by atoms with Gasteiger partial charge in [0, 0.05) is 18.1 Å². The van der Waals surface area contributed by atoms with Crippen LogP contribution in [0.3, 0.4) is 0 Å². The molecule has 3 heteroatoms. The first-order valence-corrected chi connectivity index (χ1v) is 9.58. The van der Waals surface area contributed by atoms with Crippen molar-refractivity contribution in [2.75, 3.05) is 32.7 Å². The average Bonchev–Trinajstić information content (AvgIpc) is 2.98. The van der Waals surface area contributed by atoms with E-state index in [1.165, 1.54) is 90.5 Å². The second-order valence-corrected chi connectivity index (χ2v) is 7.50. The Labute approximate surface area is 131 Å². The van der Waals surface area contributed by atoms with E-state index in [9.17, 15) is 0 Å². The highest BCUT2D eigenvalue weighted by Crippen LogP contribution is 2.34. The standard InChI is InChI=1S/C18H35N3/c1-2-9-19-16-14-17-7-5-8-18(15-16)21(17)13-6-12-20-10-3-4-11-20/h16-19H,2-15H2,1H3. The van der Waals surface area contributed by atoms with Crippen LogP contribution in [-0.4, -0.2) is 60.6 Å². The van der Waals surface area contributed by atoms with Crippen LogP contribution < -0.4 is 5.32 Å². The third-order valence-electron chi connectivity index (χ3n) is 5.90. The second kappa shape index (κ2) is 7.94. The fraction of sp³-hybridized carbons (Fsp3) is 1.00. The smallest absolute Gasteiger partial charge is 0.0113 e. The monoisotopic (exact) mass is 293 g/mol. The Morgan fingerprint density at radius 3 is 2.33 bits per heavy atom. The van der Waals surface area contributed by atoms with Crippen LogP contribution in [0.4, 0.5) is 0 Å². The Morgan fingerprint density at radius 1 is 0.952 bits per heavy atom. The molecule has 3 saturated heterocycles. The van der Waals surface area contributed by atoms with Gasteiger partial charge in [0.15, 0.2) is 0 Å². The second-order valence-electron chi connectivity index (χ2n) is 7.50. The number of likely N-dealkylation sites (tertiary alicyclic amines) is 1. The van der Waals surface area contributed by atoms with E-state index in [-0.39, 0.29) is 0 Å². The first kappa shape index (κ1) is 15.8. The van der Waals surface area contributed by atoms with Crippen molar-refractivity contribution in [1.29, 1.82) is 0 Å². The van der Waals surface area contributed by atoms with Gasteiger partial charge in [-0.2, -0.15) is 0 Å². The number of piperidine rings is 2. The van der Waals surface area contributed by atoms with Crippen LogP contribution in [-0.2, 0) is 0 Å². The van der Waals surface area contributed by atoms with Gasteiger partial charge < -0.3 is 10.2 Å². The number of hydrogen-bond donors (Lipinski definition) is 1. The summed E-state index contributed by atoms with van der Waals surface area (Å²) in [6.45, 7) is 8.89. The number of nitrogens with zero attached hydrogens (tertiary/aromatic N) is 2. The molecule has 21 heavy (non-hydrogen) atoms. The highest BCUT2D eigenvalue weighted by atomic mass is 15.2. The maximum atomic E-state index is 3.79. The highest BCUT2D eigenvalue weighted by Gasteiger charge is 2.37. The summed E-state index contributed by atoms with van der Waals surface area (Å²) in [6.07, 6.45) is 12.7. The van der Waals surface area contributed by atoms with Crippen molar-refractivity contribution in [3.63, 3.8) is 0 Å². The molecule has 1 N–H and O–H groups in total. The first-order chi connectivity index (χ1) is 10.4. The Bertz CT molecular complexity index is 287. The Hall–Kier alpha value is -0.120. The summed E-state index contributed by atoms with van der Waals surface area (Å²) in [6, 6.07) is 2.56. The van der Waals surface area contributed by atoms with Gasteiger partial charge in [0.05, 0.1) is 0 Å². The molecule has 3 nitrogen and oxygen atoms in total. The lowest BCUT2D eigenvalue weighted by atomic mass is 9.81. The summed E-state index contributed by atoms with van der Waals surface area (Å²) in [7, 11) is 0. The van der Waals surface area contributed by atoms with Gasteiger partial charge in [0.2, 0.25) is 0 Å². The van der Waals surface area contributed by atoms with Crippen molar-refractivity contribution in [1.82, 2.24) is 15.1 Å². The van der Waals surface area contributed by atoms with Crippen LogP contribution in [0.5, 0.6) is 0 Å². The topological polar surface area (TPSA) is 18.5 Å². The maximum Gasteiger partial charge on any atom is 0.0113 e. The minimum Gasteiger partial charge on any atom is -0.314 e. The molecule has 0 aliphatic carbocycles. The molecule has 0 saturated carbocycles. The minimum absolute atomic E-state index is 0.801. The molecule has 3 rings (SSSR count). The molecule has 0 aromatic rings. The van der Waals surface area contributed by atoms with Crippen molar-refractivity contribution < 1.29 is 0 Å². The summed E-state index contributed by atoms with van der Waals surface area (Å²) in [5.41, 5.74) is 0. The predicted molar refractivity (Wildman–Crippen MR) is 89.7 cm³/mol. The van der Waals surface area contributed by atoms with Crippen molar-refractivity contribution in [2.24, 2.45) is 0 Å². The lowest BCUT2D eigenvalue weighted by molar-refractivity contribution is 0.0221. The van der Waals surface area contributed by atoms with E-state index in [1.54, 1.807) is 0 Å². The van der Waals surface area contributed by atoms with Crippen LogP contribution in [0.25, 0.3) is 0 Å². The normalized spacial score (nSPS) is 34.4. The number of rotatable bonds is 7. The van der Waals surface area contributed by atoms with E-state index < -0.39 is 0 Å². The number of hydrogen-bond acceptors (Lipinski definition) is 3. The van der Waals surface area contributed by atoms with Gasteiger partial charge in [-0.1, -0.05) is 13.3 Å². The van der Waals surface area contributed by atoms with Gasteiger partial charge in [0.1, 0.15) is 0 Å². The van der Waals surface area contributed by atoms with Crippen LogP contribution in [0.2, 0.25) is 0 Å². The van der Waals surface area contributed by atoms with Gasteiger partial charge in [-0.05, 0) is 84.1 Å². The molecule has 0 aromatic heterocycles. The summed E-state index contributed by atoms with van der Waals surface area (Å²) in [5.74, 6) is 0. The lowest BCUT2D eigenvalue weighted by Gasteiger charge is -2.49. The molecule has 2 atom stereocenters. The summed E-state index contributed by atoms with van der Waals surface area (Å²) in [5, 5.41) is 3.79. The van der Waals surface area contributed by atoms with Gasteiger partial charge in [-0.15, -0.1) is 0 Å². The Kier molecular flexibility index (Phi) is 5.96. The zero-order valence-electron chi connectivity index (χ0n) is 14.0. The molecule has 122 valence electrons. The molecular formula is C18H35N3. The maximum absolute atomic E-state index is 3.79. The SMILES string of the molecule is CCCNC1CC2CCCC(C1)N2CCCN1CCCC1. The third kappa shape index (κ3) is 4.20. The first-order valence-electron chi connectivity index (χ1n) is 9.58. The molecule has 3 aliphatic heterocycles. The molecule has 3 heterocycles. The van der Waals surface area contributed by atoms with Crippen LogP contribution in [0, 0.1) is 0 Å². The Morgan fingerprint density at radius 2 is 1.67 bits per heavy atom. The van der Waals surface area contributed by atoms with E-state index in [0.717, 1.165) is 18.1 Å². The fourth-order valence-corrected chi connectivity index (χ4v) is 4.84. The molecule has 0 aromatic carbocycles. The molecule has 0 spiro atoms.